The number of pyridine rings is 1. The smallest absolute Gasteiger partial charge is 0.224 e. The highest BCUT2D eigenvalue weighted by Gasteiger charge is 2.46. The normalized spacial score (nSPS) is 24.9. The molecule has 0 radical (unpaired) electrons. The van der Waals surface area contributed by atoms with Crippen molar-refractivity contribution in [3.05, 3.63) is 52.5 Å². The molecule has 2 aliphatic heterocycles. The number of thiophene rings is 1. The number of fused-ring (bicyclic) bond motifs is 1. The van der Waals surface area contributed by atoms with Gasteiger partial charge in [0.15, 0.2) is 0 Å². The van der Waals surface area contributed by atoms with Crippen LogP contribution in [0.5, 0.6) is 0 Å². The molecule has 0 bridgehead atoms. The van der Waals surface area contributed by atoms with Crippen LogP contribution in [0.15, 0.2) is 41.4 Å². The van der Waals surface area contributed by atoms with Crippen LogP contribution in [0.4, 0.5) is 0 Å². The molecule has 2 aromatic rings. The topological polar surface area (TPSA) is 36.4 Å². The second-order valence-corrected chi connectivity index (χ2v) is 6.89. The van der Waals surface area contributed by atoms with Gasteiger partial charge in [0.25, 0.3) is 0 Å². The summed E-state index contributed by atoms with van der Waals surface area (Å²) in [5.41, 5.74) is 2.53. The summed E-state index contributed by atoms with van der Waals surface area (Å²) in [7, 11) is 0. The van der Waals surface area contributed by atoms with E-state index in [-0.39, 0.29) is 0 Å². The summed E-state index contributed by atoms with van der Waals surface area (Å²) >= 11 is 1.74. The lowest BCUT2D eigenvalue weighted by molar-refractivity contribution is -0.129. The summed E-state index contributed by atoms with van der Waals surface area (Å²) in [5, 5.41) is 4.33. The van der Waals surface area contributed by atoms with Gasteiger partial charge in [-0.1, -0.05) is 0 Å². The highest BCUT2D eigenvalue weighted by Crippen LogP contribution is 2.34. The molecule has 0 aromatic carbocycles. The number of likely N-dealkylation sites (tertiary alicyclic amines) is 2. The predicted octanol–water partition coefficient (Wildman–Crippen LogP) is 2.52. The van der Waals surface area contributed by atoms with Gasteiger partial charge in [-0.2, -0.15) is 11.3 Å². The zero-order valence-electron chi connectivity index (χ0n) is 12.4. The number of amides is 1. The Hall–Kier alpha value is -1.72. The van der Waals surface area contributed by atoms with Crippen LogP contribution in [0.3, 0.4) is 0 Å². The van der Waals surface area contributed by atoms with Crippen molar-refractivity contribution in [2.24, 2.45) is 0 Å². The molecule has 2 saturated heterocycles. The summed E-state index contributed by atoms with van der Waals surface area (Å²) in [4.78, 5) is 21.0. The maximum atomic E-state index is 12.4. The van der Waals surface area contributed by atoms with Crippen LogP contribution in [0.1, 0.15) is 24.0 Å². The fourth-order valence-corrected chi connectivity index (χ4v) is 4.37. The largest absolute Gasteiger partial charge is 0.334 e. The first-order valence-corrected chi connectivity index (χ1v) is 8.69. The van der Waals surface area contributed by atoms with E-state index >= 15 is 0 Å². The third-order valence-electron chi connectivity index (χ3n) is 4.80. The maximum absolute atomic E-state index is 12.4. The summed E-state index contributed by atoms with van der Waals surface area (Å²) < 4.78 is 0. The number of nitrogens with zero attached hydrogens (tertiary/aromatic N) is 3. The van der Waals surface area contributed by atoms with E-state index in [0.717, 1.165) is 26.1 Å². The van der Waals surface area contributed by atoms with Crippen molar-refractivity contribution in [3.63, 3.8) is 0 Å². The first kappa shape index (κ1) is 13.9. The van der Waals surface area contributed by atoms with Crippen LogP contribution >= 0.6 is 11.3 Å². The van der Waals surface area contributed by atoms with Gasteiger partial charge in [0.1, 0.15) is 0 Å². The number of rotatable bonds is 4. The van der Waals surface area contributed by atoms with Crippen LogP contribution in [0, 0.1) is 0 Å². The van der Waals surface area contributed by atoms with Crippen LogP contribution in [-0.4, -0.2) is 39.3 Å². The third-order valence-corrected chi connectivity index (χ3v) is 5.53. The predicted molar refractivity (Wildman–Crippen MR) is 86.3 cm³/mol. The van der Waals surface area contributed by atoms with Crippen LogP contribution in [-0.2, 0) is 17.9 Å². The molecule has 0 aliphatic carbocycles. The fraction of sp³-hybridized carbons (Fsp3) is 0.412. The third kappa shape index (κ3) is 2.55. The van der Waals surface area contributed by atoms with Gasteiger partial charge in [-0.05, 0) is 46.5 Å². The van der Waals surface area contributed by atoms with Gasteiger partial charge in [-0.3, -0.25) is 14.7 Å². The Bertz CT molecular complexity index is 643. The Morgan fingerprint density at radius 2 is 2.00 bits per heavy atom. The first-order chi connectivity index (χ1) is 10.8. The number of carbonyl (C=O) groups is 1. The van der Waals surface area contributed by atoms with Crippen molar-refractivity contribution in [1.29, 1.82) is 0 Å². The lowest BCUT2D eigenvalue weighted by Crippen LogP contribution is -2.36. The number of carbonyl (C=O) groups excluding carboxylic acids is 1. The van der Waals surface area contributed by atoms with Gasteiger partial charge in [0.2, 0.25) is 5.91 Å². The summed E-state index contributed by atoms with van der Waals surface area (Å²) in [6.07, 6.45) is 5.35. The Kier molecular flexibility index (Phi) is 3.68. The standard InChI is InChI=1S/C17H19N3OS/c21-17-9-16-15(20(17)11-13-1-5-18-6-2-13)3-7-19(16)10-14-4-8-22-12-14/h1-2,4-6,8,12,15-16H,3,7,9-11H2/t15-,16+/m0/s1. The molecule has 0 unspecified atom stereocenters. The van der Waals surface area contributed by atoms with Crippen LogP contribution in [0.2, 0.25) is 0 Å². The quantitative estimate of drug-likeness (QED) is 0.870. The molecule has 2 fully saturated rings. The van der Waals surface area contributed by atoms with E-state index < -0.39 is 0 Å². The van der Waals surface area contributed by atoms with Gasteiger partial charge >= 0.3 is 0 Å². The SMILES string of the molecule is O=C1C[C@@H]2[C@H](CCN2Cc2ccsc2)N1Cc1ccncc1. The van der Waals surface area contributed by atoms with E-state index in [2.05, 4.69) is 31.6 Å². The molecule has 1 amide bonds. The molecule has 114 valence electrons. The Labute approximate surface area is 134 Å². The van der Waals surface area contributed by atoms with Crippen molar-refractivity contribution < 1.29 is 4.79 Å². The minimum absolute atomic E-state index is 0.293. The zero-order valence-corrected chi connectivity index (χ0v) is 13.2. The molecule has 4 nitrogen and oxygen atoms in total. The molecule has 4 rings (SSSR count). The second kappa shape index (κ2) is 5.82. The summed E-state index contributed by atoms with van der Waals surface area (Å²) in [5.74, 6) is 0.293. The second-order valence-electron chi connectivity index (χ2n) is 6.11. The molecule has 0 spiro atoms. The monoisotopic (exact) mass is 313 g/mol. The van der Waals surface area contributed by atoms with E-state index in [9.17, 15) is 4.79 Å². The molecular formula is C17H19N3OS. The van der Waals surface area contributed by atoms with E-state index in [1.54, 1.807) is 23.7 Å². The fourth-order valence-electron chi connectivity index (χ4n) is 3.71. The Balaban J connectivity index is 1.47. The highest BCUT2D eigenvalue weighted by atomic mass is 32.1. The van der Waals surface area contributed by atoms with E-state index in [4.69, 9.17) is 0 Å². The van der Waals surface area contributed by atoms with Gasteiger partial charge in [-0.15, -0.1) is 0 Å². The minimum atomic E-state index is 0.293. The molecule has 0 saturated carbocycles. The number of aromatic nitrogens is 1. The van der Waals surface area contributed by atoms with Crippen molar-refractivity contribution in [3.8, 4) is 0 Å². The Morgan fingerprint density at radius 1 is 1.14 bits per heavy atom. The van der Waals surface area contributed by atoms with Gasteiger partial charge in [0.05, 0.1) is 0 Å². The lowest BCUT2D eigenvalue weighted by Gasteiger charge is -2.25. The summed E-state index contributed by atoms with van der Waals surface area (Å²) in [6, 6.07) is 6.94. The molecule has 0 N–H and O–H groups in total. The molecule has 22 heavy (non-hydrogen) atoms. The van der Waals surface area contributed by atoms with Gasteiger partial charge in [0, 0.05) is 50.5 Å². The maximum Gasteiger partial charge on any atom is 0.224 e. The summed E-state index contributed by atoms with van der Waals surface area (Å²) in [6.45, 7) is 2.78. The van der Waals surface area contributed by atoms with Gasteiger partial charge in [-0.25, -0.2) is 0 Å². The lowest BCUT2D eigenvalue weighted by atomic mass is 10.1. The van der Waals surface area contributed by atoms with E-state index in [0.29, 0.717) is 24.4 Å². The molecular weight excluding hydrogens is 294 g/mol. The van der Waals surface area contributed by atoms with Crippen LogP contribution in [0.25, 0.3) is 0 Å². The molecule has 5 heteroatoms. The van der Waals surface area contributed by atoms with Crippen LogP contribution < -0.4 is 0 Å². The average Bonchev–Trinajstić information content (AvgIpc) is 3.23. The van der Waals surface area contributed by atoms with Crippen molar-refractivity contribution in [1.82, 2.24) is 14.8 Å². The molecule has 4 heterocycles. The highest BCUT2D eigenvalue weighted by molar-refractivity contribution is 7.07. The van der Waals surface area contributed by atoms with Crippen molar-refractivity contribution >= 4 is 17.2 Å². The van der Waals surface area contributed by atoms with E-state index in [1.807, 2.05) is 12.1 Å². The number of hydrogen-bond donors (Lipinski definition) is 0. The minimum Gasteiger partial charge on any atom is -0.334 e. The van der Waals surface area contributed by atoms with E-state index in [1.165, 1.54) is 11.1 Å². The Morgan fingerprint density at radius 3 is 2.77 bits per heavy atom. The van der Waals surface area contributed by atoms with Gasteiger partial charge < -0.3 is 4.90 Å². The zero-order chi connectivity index (χ0) is 14.9. The molecule has 2 aromatic heterocycles. The van der Waals surface area contributed by atoms with Crippen molar-refractivity contribution in [2.75, 3.05) is 6.54 Å². The average molecular weight is 313 g/mol. The molecule has 2 atom stereocenters. The van der Waals surface area contributed by atoms with Crippen molar-refractivity contribution in [2.45, 2.75) is 38.0 Å². The molecule has 2 aliphatic rings. The number of hydrogen-bond acceptors (Lipinski definition) is 4. The first-order valence-electron chi connectivity index (χ1n) is 7.75.